The number of nitrogens with one attached hydrogen (secondary N) is 1. The number of aromatic amines is 1. The van der Waals surface area contributed by atoms with E-state index in [2.05, 4.69) is 20.0 Å². The summed E-state index contributed by atoms with van der Waals surface area (Å²) in [5.41, 5.74) is 1.61. The van der Waals surface area contributed by atoms with Crippen LogP contribution in [-0.2, 0) is 17.1 Å². The molecule has 0 bridgehead atoms. The number of rotatable bonds is 6. The zero-order chi connectivity index (χ0) is 26.3. The molecule has 1 aliphatic heterocycles. The zero-order valence-corrected chi connectivity index (χ0v) is 22.2. The van der Waals surface area contributed by atoms with E-state index in [9.17, 15) is 13.2 Å². The molecule has 0 aliphatic carbocycles. The Morgan fingerprint density at radius 3 is 2.57 bits per heavy atom. The number of likely N-dealkylation sites (N-methyl/N-ethyl adjacent to an activating group) is 1. The number of halogens is 1. The molecular weight excluding hydrogens is 518 g/mol. The summed E-state index contributed by atoms with van der Waals surface area (Å²) in [7, 11) is -0.146. The number of nitrogens with zero attached hydrogens (tertiary/aromatic N) is 6. The number of hydrogen-bond donors (Lipinski definition) is 1. The first-order chi connectivity index (χ1) is 17.7. The van der Waals surface area contributed by atoms with Gasteiger partial charge in [-0.05, 0) is 32.2 Å². The number of pyridine rings is 1. The molecule has 1 saturated heterocycles. The van der Waals surface area contributed by atoms with Crippen molar-refractivity contribution in [1.82, 2.24) is 33.9 Å². The van der Waals surface area contributed by atoms with Gasteiger partial charge in [-0.25, -0.2) is 18.4 Å². The largest absolute Gasteiger partial charge is 0.477 e. The SMILES string of the molecule is CCOc1ncc(S(=O)(=O)N2CCN(C)CC2)cc1-c1nc2c(-c3cccc(Cl)c3)n(C)nc2c(=O)[nH]1. The monoisotopic (exact) mass is 543 g/mol. The number of H-pyrrole nitrogens is 1. The number of piperazine rings is 1. The molecule has 4 aromatic rings. The lowest BCUT2D eigenvalue weighted by molar-refractivity contribution is 0.222. The Morgan fingerprint density at radius 1 is 1.11 bits per heavy atom. The zero-order valence-electron chi connectivity index (χ0n) is 20.6. The molecular formula is C24H26ClN7O4S. The summed E-state index contributed by atoms with van der Waals surface area (Å²) >= 11 is 6.21. The minimum Gasteiger partial charge on any atom is -0.477 e. The minimum absolute atomic E-state index is 0.000460. The lowest BCUT2D eigenvalue weighted by Gasteiger charge is -2.31. The highest BCUT2D eigenvalue weighted by molar-refractivity contribution is 7.89. The summed E-state index contributed by atoms with van der Waals surface area (Å²) in [5, 5.41) is 4.88. The van der Waals surface area contributed by atoms with Gasteiger partial charge in [0.15, 0.2) is 5.52 Å². The Kier molecular flexibility index (Phi) is 6.75. The maximum atomic E-state index is 13.4. The van der Waals surface area contributed by atoms with Crippen LogP contribution in [0.4, 0.5) is 0 Å². The lowest BCUT2D eigenvalue weighted by Crippen LogP contribution is -2.47. The van der Waals surface area contributed by atoms with Gasteiger partial charge in [0.25, 0.3) is 5.56 Å². The average Bonchev–Trinajstić information content (AvgIpc) is 3.21. The van der Waals surface area contributed by atoms with Crippen molar-refractivity contribution >= 4 is 32.7 Å². The fourth-order valence-electron chi connectivity index (χ4n) is 4.34. The maximum Gasteiger partial charge on any atom is 0.279 e. The second-order valence-electron chi connectivity index (χ2n) is 8.76. The second kappa shape index (κ2) is 9.86. The van der Waals surface area contributed by atoms with Crippen molar-refractivity contribution in [1.29, 1.82) is 0 Å². The van der Waals surface area contributed by atoms with Crippen molar-refractivity contribution < 1.29 is 13.2 Å². The molecule has 194 valence electrons. The van der Waals surface area contributed by atoms with Crippen molar-refractivity contribution in [2.24, 2.45) is 7.05 Å². The molecule has 0 saturated carbocycles. The normalized spacial score (nSPS) is 15.4. The van der Waals surface area contributed by atoms with E-state index in [1.807, 2.05) is 13.1 Å². The highest BCUT2D eigenvalue weighted by atomic mass is 35.5. The van der Waals surface area contributed by atoms with Crippen LogP contribution in [0, 0.1) is 0 Å². The van der Waals surface area contributed by atoms with Gasteiger partial charge in [-0.2, -0.15) is 9.40 Å². The lowest BCUT2D eigenvalue weighted by atomic mass is 10.1. The Bertz CT molecular complexity index is 1640. The number of fused-ring (bicyclic) bond motifs is 1. The van der Waals surface area contributed by atoms with E-state index in [0.717, 1.165) is 5.56 Å². The van der Waals surface area contributed by atoms with Crippen LogP contribution in [-0.4, -0.2) is 82.2 Å². The fraction of sp³-hybridized carbons (Fsp3) is 0.333. The molecule has 5 rings (SSSR count). The third kappa shape index (κ3) is 4.73. The molecule has 3 aromatic heterocycles. The van der Waals surface area contributed by atoms with Gasteiger partial charge in [0, 0.05) is 43.8 Å². The van der Waals surface area contributed by atoms with E-state index in [1.165, 1.54) is 16.6 Å². The van der Waals surface area contributed by atoms with E-state index in [0.29, 0.717) is 42.4 Å². The van der Waals surface area contributed by atoms with Gasteiger partial charge in [0.05, 0.1) is 24.1 Å². The van der Waals surface area contributed by atoms with Crippen molar-refractivity contribution in [3.8, 4) is 28.5 Å². The Morgan fingerprint density at radius 2 is 1.86 bits per heavy atom. The van der Waals surface area contributed by atoms with Crippen LogP contribution in [0.2, 0.25) is 5.02 Å². The third-order valence-electron chi connectivity index (χ3n) is 6.25. The van der Waals surface area contributed by atoms with E-state index < -0.39 is 15.6 Å². The summed E-state index contributed by atoms with van der Waals surface area (Å²) < 4.78 is 35.5. The maximum absolute atomic E-state index is 13.4. The Labute approximate surface area is 218 Å². The van der Waals surface area contributed by atoms with Gasteiger partial charge in [0.2, 0.25) is 15.9 Å². The van der Waals surface area contributed by atoms with E-state index >= 15 is 0 Å². The van der Waals surface area contributed by atoms with Gasteiger partial charge in [-0.15, -0.1) is 0 Å². The molecule has 0 unspecified atom stereocenters. The predicted octanol–water partition coefficient (Wildman–Crippen LogP) is 2.37. The smallest absolute Gasteiger partial charge is 0.279 e. The quantitative estimate of drug-likeness (QED) is 0.393. The van der Waals surface area contributed by atoms with E-state index in [1.54, 1.807) is 36.9 Å². The topological polar surface area (TPSA) is 126 Å². The number of hydrogen-bond acceptors (Lipinski definition) is 8. The summed E-state index contributed by atoms with van der Waals surface area (Å²) in [6.45, 7) is 4.10. The number of ether oxygens (including phenoxy) is 1. The first-order valence-corrected chi connectivity index (χ1v) is 13.6. The second-order valence-corrected chi connectivity index (χ2v) is 11.1. The van der Waals surface area contributed by atoms with Crippen molar-refractivity contribution in [2.75, 3.05) is 39.8 Å². The van der Waals surface area contributed by atoms with Crippen LogP contribution in [0.15, 0.2) is 46.2 Å². The van der Waals surface area contributed by atoms with Gasteiger partial charge >= 0.3 is 0 Å². The fourth-order valence-corrected chi connectivity index (χ4v) is 5.92. The number of benzene rings is 1. The molecule has 0 radical (unpaired) electrons. The van der Waals surface area contributed by atoms with Crippen LogP contribution < -0.4 is 10.3 Å². The summed E-state index contributed by atoms with van der Waals surface area (Å²) in [4.78, 5) is 26.9. The molecule has 0 atom stereocenters. The minimum atomic E-state index is -3.81. The first-order valence-electron chi connectivity index (χ1n) is 11.7. The molecule has 4 heterocycles. The molecule has 1 aromatic carbocycles. The van der Waals surface area contributed by atoms with E-state index in [4.69, 9.17) is 21.3 Å². The third-order valence-corrected chi connectivity index (χ3v) is 8.35. The molecule has 1 aliphatic rings. The molecule has 0 spiro atoms. The summed E-state index contributed by atoms with van der Waals surface area (Å²) in [6.07, 6.45) is 1.28. The van der Waals surface area contributed by atoms with Gasteiger partial charge < -0.3 is 14.6 Å². The predicted molar refractivity (Wildman–Crippen MR) is 140 cm³/mol. The average molecular weight is 544 g/mol. The number of sulfonamides is 1. The van der Waals surface area contributed by atoms with E-state index in [-0.39, 0.29) is 34.3 Å². The summed E-state index contributed by atoms with van der Waals surface area (Å²) in [6, 6.07) is 8.61. The number of aromatic nitrogens is 5. The molecule has 11 nitrogen and oxygen atoms in total. The molecule has 37 heavy (non-hydrogen) atoms. The standard InChI is InChI=1S/C24H26ClN7O4S/c1-4-36-24-18(13-17(14-26-24)37(34,35)32-10-8-30(2)9-11-32)22-27-19-20(23(33)28-22)29-31(3)21(19)15-6-5-7-16(25)12-15/h5-7,12-14H,4,8-11H2,1-3H3,(H,27,28,33). The highest BCUT2D eigenvalue weighted by Crippen LogP contribution is 2.32. The Hall–Kier alpha value is -3.32. The molecule has 1 fully saturated rings. The van der Waals surface area contributed by atoms with Crippen LogP contribution in [0.1, 0.15) is 6.92 Å². The van der Waals surface area contributed by atoms with Crippen LogP contribution >= 0.6 is 11.6 Å². The van der Waals surface area contributed by atoms with Crippen LogP contribution in [0.25, 0.3) is 33.7 Å². The van der Waals surface area contributed by atoms with Crippen LogP contribution in [0.5, 0.6) is 5.88 Å². The summed E-state index contributed by atoms with van der Waals surface area (Å²) in [5.74, 6) is 0.288. The van der Waals surface area contributed by atoms with Gasteiger partial charge in [0.1, 0.15) is 16.2 Å². The van der Waals surface area contributed by atoms with Crippen molar-refractivity contribution in [3.05, 3.63) is 51.9 Å². The van der Waals surface area contributed by atoms with Crippen molar-refractivity contribution in [3.63, 3.8) is 0 Å². The van der Waals surface area contributed by atoms with Crippen LogP contribution in [0.3, 0.4) is 0 Å². The van der Waals surface area contributed by atoms with Crippen molar-refractivity contribution in [2.45, 2.75) is 11.8 Å². The molecule has 1 N–H and O–H groups in total. The molecule has 13 heteroatoms. The number of aryl methyl sites for hydroxylation is 1. The Balaban J connectivity index is 1.67. The highest BCUT2D eigenvalue weighted by Gasteiger charge is 2.29. The molecule has 0 amide bonds. The van der Waals surface area contributed by atoms with Gasteiger partial charge in [-0.3, -0.25) is 9.48 Å². The van der Waals surface area contributed by atoms with Gasteiger partial charge in [-0.1, -0.05) is 23.7 Å². The first kappa shape index (κ1) is 25.3.